The van der Waals surface area contributed by atoms with Gasteiger partial charge < -0.3 is 39.0 Å². The number of hydrogen-bond donors (Lipinski definition) is 3. The van der Waals surface area contributed by atoms with Crippen molar-refractivity contribution in [3.8, 4) is 0 Å². The molecular formula is C57H96O12. The van der Waals surface area contributed by atoms with Crippen LogP contribution in [-0.2, 0) is 42.9 Å². The molecule has 0 spiro atoms. The maximum Gasteiger partial charge on any atom is 0.335 e. The lowest BCUT2D eigenvalue weighted by Crippen LogP contribution is -2.61. The van der Waals surface area contributed by atoms with Gasteiger partial charge in [0, 0.05) is 19.3 Å². The predicted octanol–water partition coefficient (Wildman–Crippen LogP) is 13.2. The van der Waals surface area contributed by atoms with Gasteiger partial charge in [0.2, 0.25) is 0 Å². The van der Waals surface area contributed by atoms with Crippen molar-refractivity contribution in [2.24, 2.45) is 0 Å². The molecule has 1 fully saturated rings. The van der Waals surface area contributed by atoms with E-state index < -0.39 is 67.3 Å². The lowest BCUT2D eigenvalue weighted by atomic mass is 9.98. The van der Waals surface area contributed by atoms with E-state index in [1.54, 1.807) is 0 Å². The number of carbonyl (C=O) groups excluding carboxylic acids is 3. The fourth-order valence-corrected chi connectivity index (χ4v) is 7.89. The molecule has 1 aliphatic rings. The number of aliphatic hydroxyl groups is 2. The second kappa shape index (κ2) is 45.6. The average molecular weight is 973 g/mol. The summed E-state index contributed by atoms with van der Waals surface area (Å²) >= 11 is 0. The predicted molar refractivity (Wildman–Crippen MR) is 275 cm³/mol. The molecule has 6 unspecified atom stereocenters. The van der Waals surface area contributed by atoms with Gasteiger partial charge in [-0.2, -0.15) is 0 Å². The van der Waals surface area contributed by atoms with Gasteiger partial charge in [-0.1, -0.05) is 191 Å². The molecule has 69 heavy (non-hydrogen) atoms. The Hall–Kier alpha value is -3.58. The highest BCUT2D eigenvalue weighted by atomic mass is 16.7. The van der Waals surface area contributed by atoms with E-state index in [-0.39, 0.29) is 25.9 Å². The summed E-state index contributed by atoms with van der Waals surface area (Å²) in [5.41, 5.74) is 0. The molecule has 0 aromatic heterocycles. The van der Waals surface area contributed by atoms with Gasteiger partial charge >= 0.3 is 23.9 Å². The normalized spacial score (nSPS) is 19.1. The van der Waals surface area contributed by atoms with Crippen LogP contribution in [0.4, 0.5) is 0 Å². The lowest BCUT2D eigenvalue weighted by Gasteiger charge is -2.40. The van der Waals surface area contributed by atoms with Crippen LogP contribution in [0.5, 0.6) is 0 Å². The molecule has 1 rings (SSSR count). The smallest absolute Gasteiger partial charge is 0.335 e. The highest BCUT2D eigenvalue weighted by Crippen LogP contribution is 2.26. The van der Waals surface area contributed by atoms with Gasteiger partial charge in [0.25, 0.3) is 0 Å². The second-order valence-electron chi connectivity index (χ2n) is 18.5. The summed E-state index contributed by atoms with van der Waals surface area (Å²) < 4.78 is 28.3. The van der Waals surface area contributed by atoms with E-state index in [0.717, 1.165) is 116 Å². The maximum absolute atomic E-state index is 13.1. The van der Waals surface area contributed by atoms with Crippen LogP contribution in [0.3, 0.4) is 0 Å². The minimum Gasteiger partial charge on any atom is -0.479 e. The van der Waals surface area contributed by atoms with Gasteiger partial charge in [-0.15, -0.1) is 0 Å². The molecular weight excluding hydrogens is 877 g/mol. The topological polar surface area (TPSA) is 175 Å². The van der Waals surface area contributed by atoms with Crippen molar-refractivity contribution in [3.63, 3.8) is 0 Å². The van der Waals surface area contributed by atoms with Gasteiger partial charge in [0.1, 0.15) is 18.8 Å². The van der Waals surface area contributed by atoms with E-state index in [1.165, 1.54) is 51.4 Å². The van der Waals surface area contributed by atoms with Crippen LogP contribution in [-0.4, -0.2) is 89.2 Å². The molecule has 0 radical (unpaired) electrons. The number of ether oxygens (including phenoxy) is 5. The van der Waals surface area contributed by atoms with Crippen molar-refractivity contribution in [1.29, 1.82) is 0 Å². The number of carbonyl (C=O) groups is 4. The summed E-state index contributed by atoms with van der Waals surface area (Å²) in [7, 11) is 0. The Balaban J connectivity index is 2.75. The van der Waals surface area contributed by atoms with Crippen molar-refractivity contribution in [3.05, 3.63) is 60.8 Å². The number of aliphatic carboxylic acids is 1. The summed E-state index contributed by atoms with van der Waals surface area (Å²) in [6.45, 7) is 5.75. The van der Waals surface area contributed by atoms with E-state index in [1.807, 2.05) is 0 Å². The number of aliphatic hydroxyl groups excluding tert-OH is 2. The fraction of sp³-hybridized carbons (Fsp3) is 0.754. The minimum absolute atomic E-state index is 0.0577. The first-order valence-electron chi connectivity index (χ1n) is 27.3. The Morgan fingerprint density at radius 3 is 1.46 bits per heavy atom. The highest BCUT2D eigenvalue weighted by Gasteiger charge is 2.50. The highest BCUT2D eigenvalue weighted by molar-refractivity contribution is 5.74. The summed E-state index contributed by atoms with van der Waals surface area (Å²) in [5.74, 6) is -3.17. The Labute approximate surface area is 417 Å². The molecule has 6 atom stereocenters. The SMILES string of the molecule is CC/C=C\C/C=C\C/C=C\CCCCCC(=O)OCC(COC1OC(C(=O)O)C(O)C(O)C1OC(=O)CCCCCCCCCCCCCCC)OC(=O)CCCCCCC/C=C\C/C=C\CCC. The number of carboxylic acid groups (broad SMARTS) is 1. The lowest BCUT2D eigenvalue weighted by molar-refractivity contribution is -0.301. The number of unbranched alkanes of at least 4 members (excludes halogenated alkanes) is 21. The number of allylic oxidation sites excluding steroid dienone is 10. The largest absolute Gasteiger partial charge is 0.479 e. The molecule has 1 saturated heterocycles. The Kier molecular flexibility index (Phi) is 41.9. The van der Waals surface area contributed by atoms with Gasteiger partial charge in [-0.3, -0.25) is 14.4 Å². The van der Waals surface area contributed by atoms with Crippen LogP contribution in [0, 0.1) is 0 Å². The summed E-state index contributed by atoms with van der Waals surface area (Å²) in [6.07, 6.45) is 42.0. The molecule has 0 amide bonds. The quantitative estimate of drug-likeness (QED) is 0.0228. The van der Waals surface area contributed by atoms with Crippen molar-refractivity contribution in [2.75, 3.05) is 13.2 Å². The van der Waals surface area contributed by atoms with E-state index in [4.69, 9.17) is 23.7 Å². The van der Waals surface area contributed by atoms with Crippen LogP contribution >= 0.6 is 0 Å². The summed E-state index contributed by atoms with van der Waals surface area (Å²) in [5, 5.41) is 31.4. The third-order valence-electron chi connectivity index (χ3n) is 12.1. The van der Waals surface area contributed by atoms with Gasteiger partial charge in [0.15, 0.2) is 24.6 Å². The number of carboxylic acids is 1. The maximum atomic E-state index is 13.1. The van der Waals surface area contributed by atoms with Crippen molar-refractivity contribution in [2.45, 2.75) is 263 Å². The van der Waals surface area contributed by atoms with Crippen LogP contribution in [0.1, 0.15) is 226 Å². The standard InChI is InChI=1S/C57H96O12/c1-4-7-10-13-16-19-22-25-28-31-34-37-40-43-49(58)65-46-48(67-50(59)44-41-38-35-32-29-26-23-20-17-14-11-8-5-2)47-66-57-55(53(62)52(61)54(69-57)56(63)64)68-51(60)45-42-39-36-33-30-27-24-21-18-15-12-9-6-3/h7,10-11,14,16,19-20,23,25,28,48,52-55,57,61-62H,4-6,8-9,12-13,15,17-18,21-22,24,26-27,29-47H2,1-3H3,(H,63,64)/b10-7-,14-11-,19-16-,23-20-,28-25-. The molecule has 0 aliphatic carbocycles. The van der Waals surface area contributed by atoms with Crippen molar-refractivity contribution >= 4 is 23.9 Å². The molecule has 0 saturated carbocycles. The zero-order valence-electron chi connectivity index (χ0n) is 43.3. The Bertz CT molecular complexity index is 1440. The Morgan fingerprint density at radius 1 is 0.493 bits per heavy atom. The molecule has 3 N–H and O–H groups in total. The summed E-state index contributed by atoms with van der Waals surface area (Å²) in [4.78, 5) is 50.9. The average Bonchev–Trinajstić information content (AvgIpc) is 3.33. The first-order chi connectivity index (χ1) is 33.6. The number of esters is 3. The van der Waals surface area contributed by atoms with Gasteiger partial charge in [-0.05, 0) is 77.0 Å². The van der Waals surface area contributed by atoms with Crippen LogP contribution in [0.15, 0.2) is 60.8 Å². The first kappa shape index (κ1) is 63.4. The zero-order valence-corrected chi connectivity index (χ0v) is 43.3. The fourth-order valence-electron chi connectivity index (χ4n) is 7.89. The molecule has 396 valence electrons. The zero-order chi connectivity index (χ0) is 50.4. The third kappa shape index (κ3) is 36.1. The summed E-state index contributed by atoms with van der Waals surface area (Å²) in [6, 6.07) is 0. The molecule has 0 aromatic rings. The van der Waals surface area contributed by atoms with Crippen molar-refractivity contribution < 1.29 is 58.2 Å². The van der Waals surface area contributed by atoms with Gasteiger partial charge in [0.05, 0.1) is 6.61 Å². The Morgan fingerprint density at radius 2 is 0.942 bits per heavy atom. The molecule has 0 bridgehead atoms. The minimum atomic E-state index is -1.91. The third-order valence-corrected chi connectivity index (χ3v) is 12.1. The van der Waals surface area contributed by atoms with Crippen LogP contribution in [0.2, 0.25) is 0 Å². The van der Waals surface area contributed by atoms with E-state index in [0.29, 0.717) is 19.3 Å². The van der Waals surface area contributed by atoms with Crippen LogP contribution < -0.4 is 0 Å². The number of hydrogen-bond acceptors (Lipinski definition) is 11. The monoisotopic (exact) mass is 973 g/mol. The molecule has 0 aromatic carbocycles. The van der Waals surface area contributed by atoms with E-state index in [9.17, 15) is 34.5 Å². The first-order valence-corrected chi connectivity index (χ1v) is 27.3. The molecule has 1 aliphatic heterocycles. The van der Waals surface area contributed by atoms with E-state index >= 15 is 0 Å². The number of rotatable bonds is 45. The van der Waals surface area contributed by atoms with Crippen molar-refractivity contribution in [1.82, 2.24) is 0 Å². The van der Waals surface area contributed by atoms with E-state index in [2.05, 4.69) is 81.5 Å². The molecule has 12 heteroatoms. The second-order valence-corrected chi connectivity index (χ2v) is 18.5. The van der Waals surface area contributed by atoms with Crippen LogP contribution in [0.25, 0.3) is 0 Å². The molecule has 12 nitrogen and oxygen atoms in total. The van der Waals surface area contributed by atoms with Gasteiger partial charge in [-0.25, -0.2) is 4.79 Å². The molecule has 1 heterocycles.